The van der Waals surface area contributed by atoms with Crippen molar-refractivity contribution in [1.82, 2.24) is 14.5 Å². The van der Waals surface area contributed by atoms with Crippen LogP contribution in [0.4, 0.5) is 35.5 Å². The lowest BCUT2D eigenvalue weighted by Gasteiger charge is -2.39. The van der Waals surface area contributed by atoms with Crippen LogP contribution >= 0.6 is 0 Å². The first-order valence-electron chi connectivity index (χ1n) is 11.9. The topological polar surface area (TPSA) is 119 Å². The molecule has 11 nitrogen and oxygen atoms in total. The third-order valence-electron chi connectivity index (χ3n) is 6.71. The van der Waals surface area contributed by atoms with Crippen LogP contribution in [0, 0.1) is 0 Å². The molecule has 0 radical (unpaired) electrons. The molecule has 2 aromatic heterocycles. The molecule has 3 atom stereocenters. The number of ether oxygens (including phenoxy) is 2. The van der Waals surface area contributed by atoms with Crippen molar-refractivity contribution in [2.24, 2.45) is 0 Å². The molecular formula is C23H25F3N6O5. The average Bonchev–Trinajstić information content (AvgIpc) is 3.48. The van der Waals surface area contributed by atoms with Gasteiger partial charge in [-0.1, -0.05) is 0 Å². The summed E-state index contributed by atoms with van der Waals surface area (Å²) >= 11 is 0. The molecule has 2 saturated heterocycles. The molecule has 2 aromatic rings. The number of nitrogens with one attached hydrogen (secondary N) is 1. The number of morpholine rings is 1. The number of pyridine rings is 1. The molecule has 1 N–H and O–H groups in total. The molecule has 1 unspecified atom stereocenters. The molecule has 1 amide bonds. The minimum atomic E-state index is -4.65. The monoisotopic (exact) mass is 522 g/mol. The molecule has 0 saturated carbocycles. The van der Waals surface area contributed by atoms with Gasteiger partial charge in [-0.05, 0) is 31.9 Å². The number of alkyl halides is 3. The van der Waals surface area contributed by atoms with Gasteiger partial charge in [-0.3, -0.25) is 19.5 Å². The second kappa shape index (κ2) is 9.65. The molecule has 0 aliphatic carbocycles. The van der Waals surface area contributed by atoms with Gasteiger partial charge in [-0.2, -0.15) is 18.2 Å². The number of nitrogens with zero attached hydrogens (tertiary/aromatic N) is 5. The number of halogens is 3. The molecule has 3 aliphatic rings. The summed E-state index contributed by atoms with van der Waals surface area (Å²) < 4.78 is 53.6. The van der Waals surface area contributed by atoms with E-state index in [0.717, 1.165) is 17.5 Å². The van der Waals surface area contributed by atoms with E-state index in [4.69, 9.17) is 9.47 Å². The molecule has 0 aromatic carbocycles. The zero-order valence-electron chi connectivity index (χ0n) is 19.9. The van der Waals surface area contributed by atoms with Crippen molar-refractivity contribution < 1.29 is 32.2 Å². The van der Waals surface area contributed by atoms with Gasteiger partial charge in [0, 0.05) is 30.9 Å². The minimum Gasteiger partial charge on any atom is -0.450 e. The van der Waals surface area contributed by atoms with Crippen molar-refractivity contribution in [2.45, 2.75) is 50.7 Å². The molecule has 14 heteroatoms. The maximum Gasteiger partial charge on any atom is 0.412 e. The van der Waals surface area contributed by atoms with Crippen LogP contribution in [0.1, 0.15) is 30.1 Å². The summed E-state index contributed by atoms with van der Waals surface area (Å²) in [6.45, 7) is 1.93. The predicted molar refractivity (Wildman–Crippen MR) is 125 cm³/mol. The Morgan fingerprint density at radius 2 is 2.11 bits per heavy atom. The number of anilines is 3. The van der Waals surface area contributed by atoms with E-state index in [1.54, 1.807) is 6.92 Å². The number of Topliss-reactive ketones (excluding diaryl/α,β-unsaturated/α-hetero) is 1. The Morgan fingerprint density at radius 1 is 1.30 bits per heavy atom. The Kier molecular flexibility index (Phi) is 6.52. The smallest absolute Gasteiger partial charge is 0.412 e. The van der Waals surface area contributed by atoms with E-state index in [2.05, 4.69) is 15.3 Å². The first kappa shape index (κ1) is 25.0. The van der Waals surface area contributed by atoms with E-state index >= 15 is 0 Å². The number of aromatic nitrogens is 3. The van der Waals surface area contributed by atoms with Gasteiger partial charge in [0.15, 0.2) is 5.78 Å². The number of amides is 1. The SMILES string of the molecule is CCOC(=O)Nc1ccc(C(=O)CN2c3nc(N4C[C@H]5C[C@H]4CO5)cc(=O)n3CCC2C(F)(F)F)cn1. The number of hydrogen-bond acceptors (Lipinski definition) is 9. The van der Waals surface area contributed by atoms with Gasteiger partial charge in [-0.25, -0.2) is 9.78 Å². The normalized spacial score (nSPS) is 22.6. The van der Waals surface area contributed by atoms with Crippen molar-refractivity contribution in [3.63, 3.8) is 0 Å². The lowest BCUT2D eigenvalue weighted by Crippen LogP contribution is -2.54. The van der Waals surface area contributed by atoms with E-state index in [-0.39, 0.29) is 48.4 Å². The summed E-state index contributed by atoms with van der Waals surface area (Å²) in [6.07, 6.45) is -3.84. The van der Waals surface area contributed by atoms with Crippen LogP contribution in [-0.4, -0.2) is 77.1 Å². The van der Waals surface area contributed by atoms with Crippen LogP contribution in [0.5, 0.6) is 0 Å². The standard InChI is InChI=1S/C23H25F3N6O5/c1-2-36-22(35)28-18-4-3-13(9-27-18)16(33)11-32-17(23(24,25)26)5-6-30-20(34)8-19(29-21(30)32)31-10-15-7-14(31)12-37-15/h3-4,8-9,14-15,17H,2,5-7,10-12H2,1H3,(H,27,28,35)/t14-,15+,17?/m0/s1. The van der Waals surface area contributed by atoms with E-state index in [9.17, 15) is 27.6 Å². The van der Waals surface area contributed by atoms with Gasteiger partial charge in [0.2, 0.25) is 5.95 Å². The summed E-state index contributed by atoms with van der Waals surface area (Å²) in [5, 5.41) is 2.38. The number of carbonyl (C=O) groups is 2. The number of fused-ring (bicyclic) bond motifs is 3. The Hall–Kier alpha value is -3.68. The Morgan fingerprint density at radius 3 is 2.73 bits per heavy atom. The van der Waals surface area contributed by atoms with Crippen molar-refractivity contribution in [3.8, 4) is 0 Å². The highest BCUT2D eigenvalue weighted by Gasteiger charge is 2.48. The summed E-state index contributed by atoms with van der Waals surface area (Å²) in [5.74, 6) is -0.440. The van der Waals surface area contributed by atoms with Crippen molar-refractivity contribution in [1.29, 1.82) is 0 Å². The fourth-order valence-electron chi connectivity index (χ4n) is 4.96. The Bertz CT molecular complexity index is 1250. The number of hydrogen-bond donors (Lipinski definition) is 1. The fourth-order valence-corrected chi connectivity index (χ4v) is 4.96. The van der Waals surface area contributed by atoms with Crippen LogP contribution in [0.25, 0.3) is 0 Å². The lowest BCUT2D eigenvalue weighted by molar-refractivity contribution is -0.152. The van der Waals surface area contributed by atoms with Gasteiger partial charge in [-0.15, -0.1) is 0 Å². The summed E-state index contributed by atoms with van der Waals surface area (Å²) in [6, 6.07) is 2.04. The average molecular weight is 522 g/mol. The molecule has 5 rings (SSSR count). The van der Waals surface area contributed by atoms with Crippen LogP contribution < -0.4 is 20.7 Å². The summed E-state index contributed by atoms with van der Waals surface area (Å²) in [7, 11) is 0. The quantitative estimate of drug-likeness (QED) is 0.570. The minimum absolute atomic E-state index is 0.0000165. The zero-order valence-corrected chi connectivity index (χ0v) is 19.9. The maximum absolute atomic E-state index is 14.0. The predicted octanol–water partition coefficient (Wildman–Crippen LogP) is 2.21. The molecule has 0 spiro atoms. The van der Waals surface area contributed by atoms with Gasteiger partial charge in [0.25, 0.3) is 5.56 Å². The highest BCUT2D eigenvalue weighted by atomic mass is 19.4. The molecule has 3 aliphatic heterocycles. The van der Waals surface area contributed by atoms with Crippen molar-refractivity contribution in [2.75, 3.05) is 41.4 Å². The largest absolute Gasteiger partial charge is 0.450 e. The highest BCUT2D eigenvalue weighted by molar-refractivity contribution is 5.99. The molecule has 2 bridgehead atoms. The number of ketones is 1. The van der Waals surface area contributed by atoms with Crippen molar-refractivity contribution >= 4 is 29.5 Å². The Balaban J connectivity index is 1.43. The fraction of sp³-hybridized carbons (Fsp3) is 0.522. The first-order valence-corrected chi connectivity index (χ1v) is 11.9. The number of rotatable bonds is 6. The second-order valence-electron chi connectivity index (χ2n) is 9.08. The molecule has 37 heavy (non-hydrogen) atoms. The molecule has 198 valence electrons. The van der Waals surface area contributed by atoms with E-state index in [0.29, 0.717) is 13.2 Å². The number of carbonyl (C=O) groups excluding carboxylic acids is 2. The maximum atomic E-state index is 14.0. The van der Waals surface area contributed by atoms with Gasteiger partial charge in [0.05, 0.1) is 31.9 Å². The first-order chi connectivity index (χ1) is 17.6. The van der Waals surface area contributed by atoms with E-state index in [1.165, 1.54) is 22.8 Å². The molecule has 5 heterocycles. The van der Waals surface area contributed by atoms with E-state index in [1.807, 2.05) is 4.90 Å². The molecular weight excluding hydrogens is 497 g/mol. The second-order valence-corrected chi connectivity index (χ2v) is 9.08. The van der Waals surface area contributed by atoms with Crippen LogP contribution in [0.2, 0.25) is 0 Å². The summed E-state index contributed by atoms with van der Waals surface area (Å²) in [5.41, 5.74) is -0.433. The third kappa shape index (κ3) is 4.97. The van der Waals surface area contributed by atoms with Gasteiger partial charge >= 0.3 is 12.3 Å². The zero-order chi connectivity index (χ0) is 26.3. The van der Waals surface area contributed by atoms with Crippen LogP contribution in [-0.2, 0) is 16.0 Å². The molecule has 2 fully saturated rings. The van der Waals surface area contributed by atoms with Gasteiger partial charge in [0.1, 0.15) is 17.7 Å². The third-order valence-corrected chi connectivity index (χ3v) is 6.71. The van der Waals surface area contributed by atoms with E-state index < -0.39 is 42.6 Å². The lowest BCUT2D eigenvalue weighted by atomic mass is 10.1. The van der Waals surface area contributed by atoms with Crippen LogP contribution in [0.15, 0.2) is 29.2 Å². The highest BCUT2D eigenvalue weighted by Crippen LogP contribution is 2.36. The van der Waals surface area contributed by atoms with Gasteiger partial charge < -0.3 is 19.3 Å². The van der Waals surface area contributed by atoms with Crippen molar-refractivity contribution in [3.05, 3.63) is 40.3 Å². The Labute approximate surface area is 209 Å². The van der Waals surface area contributed by atoms with Crippen LogP contribution in [0.3, 0.4) is 0 Å². The summed E-state index contributed by atoms with van der Waals surface area (Å²) in [4.78, 5) is 48.7.